The minimum Gasteiger partial charge on any atom is -0.479 e. The molecule has 0 bridgehead atoms. The van der Waals surface area contributed by atoms with E-state index in [1.165, 1.54) is 10.9 Å². The van der Waals surface area contributed by atoms with Crippen molar-refractivity contribution in [3.63, 3.8) is 0 Å². The van der Waals surface area contributed by atoms with E-state index >= 15 is 0 Å². The summed E-state index contributed by atoms with van der Waals surface area (Å²) in [5.74, 6) is -1.46. The summed E-state index contributed by atoms with van der Waals surface area (Å²) in [5.41, 5.74) is 0.479. The van der Waals surface area contributed by atoms with Crippen LogP contribution in [-0.2, 0) is 16.6 Å². The quantitative estimate of drug-likeness (QED) is 0.693. The molecule has 1 unspecified atom stereocenters. The van der Waals surface area contributed by atoms with E-state index in [1.807, 2.05) is 0 Å². The fraction of sp³-hybridized carbons (Fsp3) is 0.583. The Morgan fingerprint density at radius 1 is 1.63 bits per heavy atom. The summed E-state index contributed by atoms with van der Waals surface area (Å²) in [6, 6.07) is -1.04. The van der Waals surface area contributed by atoms with Gasteiger partial charge < -0.3 is 15.7 Å². The SMILES string of the molecule is Cn1cc(C(NC(=O)[C@H]2CCCNC2)C(=O)O)cn1. The second-order valence-corrected chi connectivity index (χ2v) is 4.77. The molecule has 1 aromatic heterocycles. The summed E-state index contributed by atoms with van der Waals surface area (Å²) < 4.78 is 1.51. The minimum absolute atomic E-state index is 0.160. The number of hydrogen-bond acceptors (Lipinski definition) is 4. The average molecular weight is 266 g/mol. The number of aliphatic carboxylic acids is 1. The van der Waals surface area contributed by atoms with Gasteiger partial charge in [-0.2, -0.15) is 5.10 Å². The Kier molecular flexibility index (Phi) is 4.16. The van der Waals surface area contributed by atoms with Gasteiger partial charge in [0.15, 0.2) is 6.04 Å². The zero-order chi connectivity index (χ0) is 13.8. The number of nitrogens with zero attached hydrogens (tertiary/aromatic N) is 2. The van der Waals surface area contributed by atoms with Gasteiger partial charge in [-0.15, -0.1) is 0 Å². The number of piperidine rings is 1. The van der Waals surface area contributed by atoms with E-state index < -0.39 is 12.0 Å². The van der Waals surface area contributed by atoms with Crippen LogP contribution in [0.4, 0.5) is 0 Å². The third kappa shape index (κ3) is 3.31. The lowest BCUT2D eigenvalue weighted by Crippen LogP contribution is -2.43. The van der Waals surface area contributed by atoms with E-state index in [1.54, 1.807) is 13.2 Å². The van der Waals surface area contributed by atoms with E-state index in [4.69, 9.17) is 0 Å². The van der Waals surface area contributed by atoms with E-state index in [9.17, 15) is 14.7 Å². The third-order valence-corrected chi connectivity index (χ3v) is 3.26. The maximum Gasteiger partial charge on any atom is 0.331 e. The van der Waals surface area contributed by atoms with Crippen molar-refractivity contribution in [2.45, 2.75) is 18.9 Å². The molecule has 1 amide bonds. The fourth-order valence-electron chi connectivity index (χ4n) is 2.21. The van der Waals surface area contributed by atoms with Crippen LogP contribution in [0.15, 0.2) is 12.4 Å². The first kappa shape index (κ1) is 13.5. The molecule has 2 atom stereocenters. The number of rotatable bonds is 4. The van der Waals surface area contributed by atoms with Crippen LogP contribution >= 0.6 is 0 Å². The Balaban J connectivity index is 2.04. The summed E-state index contributed by atoms with van der Waals surface area (Å²) in [6.07, 6.45) is 4.78. The van der Waals surface area contributed by atoms with Crippen LogP contribution in [0.1, 0.15) is 24.4 Å². The number of nitrogens with one attached hydrogen (secondary N) is 2. The molecule has 2 heterocycles. The predicted octanol–water partition coefficient (Wildman–Crippen LogP) is -0.338. The molecule has 1 aliphatic rings. The first-order valence-electron chi connectivity index (χ1n) is 6.30. The summed E-state index contributed by atoms with van der Waals surface area (Å²) in [6.45, 7) is 1.51. The summed E-state index contributed by atoms with van der Waals surface area (Å²) >= 11 is 0. The van der Waals surface area contributed by atoms with Crippen molar-refractivity contribution >= 4 is 11.9 Å². The standard InChI is InChI=1S/C12H18N4O3/c1-16-7-9(6-14-16)10(12(18)19)15-11(17)8-3-2-4-13-5-8/h6-8,10,13H,2-5H2,1H3,(H,15,17)(H,18,19)/t8-,10?/m0/s1. The molecule has 19 heavy (non-hydrogen) atoms. The van der Waals surface area contributed by atoms with Gasteiger partial charge in [0.1, 0.15) is 0 Å². The van der Waals surface area contributed by atoms with Crippen molar-refractivity contribution < 1.29 is 14.7 Å². The van der Waals surface area contributed by atoms with Gasteiger partial charge in [0, 0.05) is 25.4 Å². The van der Waals surface area contributed by atoms with Crippen molar-refractivity contribution in [2.75, 3.05) is 13.1 Å². The van der Waals surface area contributed by atoms with Crippen molar-refractivity contribution in [1.82, 2.24) is 20.4 Å². The Bertz CT molecular complexity index is 465. The molecule has 1 fully saturated rings. The zero-order valence-corrected chi connectivity index (χ0v) is 10.8. The molecule has 0 saturated carbocycles. The Morgan fingerprint density at radius 2 is 2.42 bits per heavy atom. The Morgan fingerprint density at radius 3 is 2.95 bits per heavy atom. The topological polar surface area (TPSA) is 96.2 Å². The van der Waals surface area contributed by atoms with Crippen LogP contribution in [0.5, 0.6) is 0 Å². The fourth-order valence-corrected chi connectivity index (χ4v) is 2.21. The van der Waals surface area contributed by atoms with Gasteiger partial charge in [-0.1, -0.05) is 0 Å². The van der Waals surface area contributed by atoms with Gasteiger partial charge in [0.25, 0.3) is 0 Å². The second-order valence-electron chi connectivity index (χ2n) is 4.77. The highest BCUT2D eigenvalue weighted by molar-refractivity contribution is 5.85. The maximum absolute atomic E-state index is 12.1. The molecular weight excluding hydrogens is 248 g/mol. The highest BCUT2D eigenvalue weighted by Crippen LogP contribution is 2.15. The van der Waals surface area contributed by atoms with E-state index in [0.717, 1.165) is 19.4 Å². The average Bonchev–Trinajstić information content (AvgIpc) is 2.82. The molecule has 104 valence electrons. The van der Waals surface area contributed by atoms with Crippen molar-refractivity contribution in [1.29, 1.82) is 0 Å². The number of carbonyl (C=O) groups excluding carboxylic acids is 1. The lowest BCUT2D eigenvalue weighted by molar-refractivity contribution is -0.142. The molecule has 1 saturated heterocycles. The zero-order valence-electron chi connectivity index (χ0n) is 10.8. The highest BCUT2D eigenvalue weighted by Gasteiger charge is 2.28. The van der Waals surface area contributed by atoms with E-state index in [2.05, 4.69) is 15.7 Å². The van der Waals surface area contributed by atoms with Gasteiger partial charge in [-0.05, 0) is 19.4 Å². The minimum atomic E-state index is -1.08. The molecule has 0 radical (unpaired) electrons. The number of hydrogen-bond donors (Lipinski definition) is 3. The number of carboxylic acid groups (broad SMARTS) is 1. The number of amides is 1. The summed E-state index contributed by atoms with van der Waals surface area (Å²) in [7, 11) is 1.70. The van der Waals surface area contributed by atoms with Gasteiger partial charge >= 0.3 is 5.97 Å². The Hall–Kier alpha value is -1.89. The van der Waals surface area contributed by atoms with Crippen LogP contribution in [0.25, 0.3) is 0 Å². The number of carbonyl (C=O) groups is 2. The lowest BCUT2D eigenvalue weighted by atomic mass is 9.98. The highest BCUT2D eigenvalue weighted by atomic mass is 16.4. The maximum atomic E-state index is 12.1. The summed E-state index contributed by atoms with van der Waals surface area (Å²) in [5, 5.41) is 18.9. The molecule has 0 spiro atoms. The molecule has 7 heteroatoms. The molecular formula is C12H18N4O3. The van der Waals surface area contributed by atoms with Crippen LogP contribution < -0.4 is 10.6 Å². The molecule has 1 aromatic rings. The summed E-state index contributed by atoms with van der Waals surface area (Å²) in [4.78, 5) is 23.3. The lowest BCUT2D eigenvalue weighted by Gasteiger charge is -2.23. The van der Waals surface area contributed by atoms with Crippen LogP contribution in [-0.4, -0.2) is 39.9 Å². The first-order chi connectivity index (χ1) is 9.08. The number of aryl methyl sites for hydroxylation is 1. The van der Waals surface area contributed by atoms with Crippen molar-refractivity contribution in [3.05, 3.63) is 18.0 Å². The van der Waals surface area contributed by atoms with Crippen LogP contribution in [0.2, 0.25) is 0 Å². The molecule has 3 N–H and O–H groups in total. The normalized spacial score (nSPS) is 20.8. The largest absolute Gasteiger partial charge is 0.479 e. The van der Waals surface area contributed by atoms with E-state index in [-0.39, 0.29) is 11.8 Å². The Labute approximate surface area is 111 Å². The first-order valence-corrected chi connectivity index (χ1v) is 6.30. The monoisotopic (exact) mass is 266 g/mol. The van der Waals surface area contributed by atoms with Gasteiger partial charge in [-0.25, -0.2) is 4.79 Å². The van der Waals surface area contributed by atoms with E-state index in [0.29, 0.717) is 12.1 Å². The third-order valence-electron chi connectivity index (χ3n) is 3.26. The van der Waals surface area contributed by atoms with Crippen LogP contribution in [0, 0.1) is 5.92 Å². The second kappa shape index (κ2) is 5.83. The van der Waals surface area contributed by atoms with Gasteiger partial charge in [0.2, 0.25) is 5.91 Å². The molecule has 0 aliphatic carbocycles. The van der Waals surface area contributed by atoms with Gasteiger partial charge in [0.05, 0.1) is 12.1 Å². The molecule has 7 nitrogen and oxygen atoms in total. The molecule has 0 aromatic carbocycles. The number of aromatic nitrogens is 2. The molecule has 2 rings (SSSR count). The smallest absolute Gasteiger partial charge is 0.331 e. The van der Waals surface area contributed by atoms with Crippen molar-refractivity contribution in [3.8, 4) is 0 Å². The molecule has 1 aliphatic heterocycles. The van der Waals surface area contributed by atoms with Gasteiger partial charge in [-0.3, -0.25) is 9.48 Å². The number of carboxylic acids is 1. The predicted molar refractivity (Wildman–Crippen MR) is 67.3 cm³/mol. The van der Waals surface area contributed by atoms with Crippen LogP contribution in [0.3, 0.4) is 0 Å². The van der Waals surface area contributed by atoms with Crippen molar-refractivity contribution in [2.24, 2.45) is 13.0 Å².